The third-order valence-corrected chi connectivity index (χ3v) is 6.22. The van der Waals surface area contributed by atoms with Gasteiger partial charge in [-0.3, -0.25) is 0 Å². The maximum absolute atomic E-state index is 12.5. The maximum atomic E-state index is 12.5. The Hall–Kier alpha value is -3.81. The molecule has 3 aromatic rings. The second-order valence-electron chi connectivity index (χ2n) is 9.03. The van der Waals surface area contributed by atoms with Crippen LogP contribution in [0, 0.1) is 0 Å². The highest BCUT2D eigenvalue weighted by atomic mass is 16.5. The highest BCUT2D eigenvalue weighted by Crippen LogP contribution is 2.29. The first-order valence-corrected chi connectivity index (χ1v) is 12.1. The highest BCUT2D eigenvalue weighted by molar-refractivity contribution is 5.94. The number of rotatable bonds is 7. The van der Waals surface area contributed by atoms with E-state index in [0.717, 1.165) is 48.1 Å². The molecule has 2 aromatic carbocycles. The van der Waals surface area contributed by atoms with Crippen LogP contribution in [-0.2, 0) is 4.74 Å². The van der Waals surface area contributed by atoms with Crippen LogP contribution in [0.15, 0.2) is 54.6 Å². The smallest absolute Gasteiger partial charge is 0.338 e. The Bertz CT molecular complexity index is 1190. The topological polar surface area (TPSA) is 95.6 Å². The van der Waals surface area contributed by atoms with Crippen LogP contribution in [0.1, 0.15) is 43.0 Å². The van der Waals surface area contributed by atoms with E-state index in [-0.39, 0.29) is 12.1 Å². The Morgan fingerprint density at radius 2 is 1.74 bits per heavy atom. The minimum absolute atomic E-state index is 0.100. The number of urea groups is 1. The number of pyridine rings is 1. The molecule has 1 aliphatic rings. The quantitative estimate of drug-likeness (QED) is 0.415. The van der Waals surface area contributed by atoms with Crippen LogP contribution in [0.2, 0.25) is 0 Å². The second-order valence-corrected chi connectivity index (χ2v) is 9.03. The fourth-order valence-electron chi connectivity index (χ4n) is 4.48. The molecule has 0 radical (unpaired) electrons. The standard InChI is InChI=1S/C27H33N5O3/c1-4-35-26(33)18-8-7-9-21(16-18)30-27(34)29-20-14-12-19(13-15-20)28-25-17-24(32(2)3)22-10-5-6-11-23(22)31-25/h5-11,16-17,19-20H,4,12-15H2,1-3H3,(H,28,31)(H2,29,30,34). The molecule has 1 aromatic heterocycles. The molecule has 35 heavy (non-hydrogen) atoms. The maximum Gasteiger partial charge on any atom is 0.338 e. The van der Waals surface area contributed by atoms with E-state index in [9.17, 15) is 9.59 Å². The van der Waals surface area contributed by atoms with Crippen molar-refractivity contribution >= 4 is 40.1 Å². The predicted octanol–water partition coefficient (Wildman–Crippen LogP) is 5.02. The van der Waals surface area contributed by atoms with Crippen molar-refractivity contribution in [3.05, 3.63) is 60.2 Å². The number of ether oxygens (including phenoxy) is 1. The number of para-hydroxylation sites is 1. The first-order valence-electron chi connectivity index (χ1n) is 12.1. The molecule has 1 heterocycles. The lowest BCUT2D eigenvalue weighted by Gasteiger charge is -2.30. The molecule has 0 atom stereocenters. The second kappa shape index (κ2) is 11.1. The molecule has 8 nitrogen and oxygen atoms in total. The minimum atomic E-state index is -0.402. The number of anilines is 3. The summed E-state index contributed by atoms with van der Waals surface area (Å²) < 4.78 is 5.02. The number of fused-ring (bicyclic) bond motifs is 1. The zero-order valence-electron chi connectivity index (χ0n) is 20.5. The molecule has 4 rings (SSSR count). The van der Waals surface area contributed by atoms with Crippen molar-refractivity contribution in [3.8, 4) is 0 Å². The molecule has 2 amide bonds. The van der Waals surface area contributed by atoms with Gasteiger partial charge in [-0.15, -0.1) is 0 Å². The number of esters is 1. The predicted molar refractivity (Wildman–Crippen MR) is 140 cm³/mol. The third-order valence-electron chi connectivity index (χ3n) is 6.22. The molecule has 1 fully saturated rings. The van der Waals surface area contributed by atoms with Crippen molar-refractivity contribution in [3.63, 3.8) is 0 Å². The summed E-state index contributed by atoms with van der Waals surface area (Å²) in [5, 5.41) is 10.6. The largest absolute Gasteiger partial charge is 0.462 e. The first kappa shape index (κ1) is 24.3. The van der Waals surface area contributed by atoms with Crippen molar-refractivity contribution < 1.29 is 14.3 Å². The van der Waals surface area contributed by atoms with E-state index in [1.165, 1.54) is 0 Å². The molecule has 184 valence electrons. The van der Waals surface area contributed by atoms with Gasteiger partial charge in [0.2, 0.25) is 0 Å². The van der Waals surface area contributed by atoms with Gasteiger partial charge in [0.15, 0.2) is 0 Å². The molecule has 0 unspecified atom stereocenters. The van der Waals surface area contributed by atoms with E-state index in [2.05, 4.69) is 33.0 Å². The van der Waals surface area contributed by atoms with Crippen molar-refractivity contribution in [2.24, 2.45) is 0 Å². The summed E-state index contributed by atoms with van der Waals surface area (Å²) in [5.74, 6) is 0.476. The molecule has 0 saturated heterocycles. The number of nitrogens with one attached hydrogen (secondary N) is 3. The van der Waals surface area contributed by atoms with Crippen LogP contribution >= 0.6 is 0 Å². The first-order chi connectivity index (χ1) is 16.9. The molecule has 0 bridgehead atoms. The molecule has 1 saturated carbocycles. The highest BCUT2D eigenvalue weighted by Gasteiger charge is 2.23. The van der Waals surface area contributed by atoms with Crippen LogP contribution in [0.4, 0.5) is 22.0 Å². The van der Waals surface area contributed by atoms with Gasteiger partial charge in [-0.25, -0.2) is 14.6 Å². The number of nitrogens with zero attached hydrogens (tertiary/aromatic N) is 2. The minimum Gasteiger partial charge on any atom is -0.462 e. The van der Waals surface area contributed by atoms with Gasteiger partial charge >= 0.3 is 12.0 Å². The average molecular weight is 476 g/mol. The number of carbonyl (C=O) groups is 2. The Kier molecular flexibility index (Phi) is 7.70. The molecular formula is C27H33N5O3. The van der Waals surface area contributed by atoms with Gasteiger partial charge in [-0.2, -0.15) is 0 Å². The van der Waals surface area contributed by atoms with Crippen molar-refractivity contribution in [2.45, 2.75) is 44.7 Å². The lowest BCUT2D eigenvalue weighted by molar-refractivity contribution is 0.0526. The monoisotopic (exact) mass is 475 g/mol. The summed E-state index contributed by atoms with van der Waals surface area (Å²) in [5.41, 5.74) is 3.08. The van der Waals surface area contributed by atoms with E-state index in [4.69, 9.17) is 9.72 Å². The van der Waals surface area contributed by atoms with E-state index in [1.54, 1.807) is 31.2 Å². The summed E-state index contributed by atoms with van der Waals surface area (Å²) in [6.07, 6.45) is 3.63. The van der Waals surface area contributed by atoms with E-state index in [0.29, 0.717) is 23.9 Å². The van der Waals surface area contributed by atoms with Gasteiger partial charge < -0.3 is 25.6 Å². The van der Waals surface area contributed by atoms with E-state index >= 15 is 0 Å². The van der Waals surface area contributed by atoms with E-state index in [1.807, 2.05) is 32.3 Å². The van der Waals surface area contributed by atoms with Gasteiger partial charge in [0.05, 0.1) is 17.7 Å². The van der Waals surface area contributed by atoms with Crippen LogP contribution in [-0.4, -0.2) is 49.8 Å². The fourth-order valence-corrected chi connectivity index (χ4v) is 4.48. The molecule has 0 spiro atoms. The summed E-state index contributed by atoms with van der Waals surface area (Å²) in [7, 11) is 4.08. The average Bonchev–Trinajstić information content (AvgIpc) is 2.85. The zero-order chi connectivity index (χ0) is 24.8. The van der Waals surface area contributed by atoms with Crippen LogP contribution in [0.5, 0.6) is 0 Å². The summed E-state index contributed by atoms with van der Waals surface area (Å²) in [4.78, 5) is 31.3. The van der Waals surface area contributed by atoms with Crippen molar-refractivity contribution in [2.75, 3.05) is 36.2 Å². The normalized spacial score (nSPS) is 17.5. The van der Waals surface area contributed by atoms with Gasteiger partial charge in [-0.1, -0.05) is 24.3 Å². The van der Waals surface area contributed by atoms with Crippen LogP contribution in [0.25, 0.3) is 10.9 Å². The van der Waals surface area contributed by atoms with Gasteiger partial charge in [0.25, 0.3) is 0 Å². The summed E-state index contributed by atoms with van der Waals surface area (Å²) in [6, 6.07) is 17.2. The number of carbonyl (C=O) groups excluding carboxylic acids is 2. The van der Waals surface area contributed by atoms with Crippen LogP contribution in [0.3, 0.4) is 0 Å². The fraction of sp³-hybridized carbons (Fsp3) is 0.370. The third kappa shape index (κ3) is 6.20. The van der Waals surface area contributed by atoms with Gasteiger partial charge in [0.1, 0.15) is 5.82 Å². The Morgan fingerprint density at radius 1 is 1.00 bits per heavy atom. The van der Waals surface area contributed by atoms with Gasteiger partial charge in [0, 0.05) is 49.0 Å². The number of hydrogen-bond donors (Lipinski definition) is 3. The van der Waals surface area contributed by atoms with E-state index < -0.39 is 5.97 Å². The molecule has 1 aliphatic carbocycles. The number of hydrogen-bond acceptors (Lipinski definition) is 6. The van der Waals surface area contributed by atoms with Gasteiger partial charge in [-0.05, 0) is 56.9 Å². The molecule has 3 N–H and O–H groups in total. The number of amides is 2. The summed E-state index contributed by atoms with van der Waals surface area (Å²) >= 11 is 0. The van der Waals surface area contributed by atoms with Crippen LogP contribution < -0.4 is 20.9 Å². The van der Waals surface area contributed by atoms with Crippen molar-refractivity contribution in [1.82, 2.24) is 10.3 Å². The number of benzene rings is 2. The van der Waals surface area contributed by atoms with Crippen molar-refractivity contribution in [1.29, 1.82) is 0 Å². The SMILES string of the molecule is CCOC(=O)c1cccc(NC(=O)NC2CCC(Nc3cc(N(C)C)c4ccccc4n3)CC2)c1. The zero-order valence-corrected chi connectivity index (χ0v) is 20.5. The summed E-state index contributed by atoms with van der Waals surface area (Å²) in [6.45, 7) is 2.07. The Balaban J connectivity index is 1.30. The number of aromatic nitrogens is 1. The molecular weight excluding hydrogens is 442 g/mol. The molecule has 8 heteroatoms. The lowest BCUT2D eigenvalue weighted by Crippen LogP contribution is -2.42. The Labute approximate surface area is 206 Å². The Morgan fingerprint density at radius 3 is 2.49 bits per heavy atom. The molecule has 0 aliphatic heterocycles. The lowest BCUT2D eigenvalue weighted by atomic mass is 9.91.